The van der Waals surface area contributed by atoms with Crippen molar-refractivity contribution in [2.75, 3.05) is 24.5 Å². The molecule has 1 saturated heterocycles. The van der Waals surface area contributed by atoms with Crippen LogP contribution in [-0.4, -0.2) is 47.7 Å². The SMILES string of the molecule is CC(C)=CC1CN(c2ccc(C(F)(F)F)c(C3=NC=NCc4ncccc43)n2)CCN1. The van der Waals surface area contributed by atoms with Crippen molar-refractivity contribution in [1.82, 2.24) is 15.3 Å². The van der Waals surface area contributed by atoms with Crippen LogP contribution in [-0.2, 0) is 12.7 Å². The molecule has 0 aliphatic carbocycles. The second-order valence-electron chi connectivity index (χ2n) is 7.75. The molecule has 1 atom stereocenters. The largest absolute Gasteiger partial charge is 0.418 e. The summed E-state index contributed by atoms with van der Waals surface area (Å²) in [6.07, 6.45) is 0.422. The van der Waals surface area contributed by atoms with Gasteiger partial charge in [-0.25, -0.2) is 9.98 Å². The first-order valence-corrected chi connectivity index (χ1v) is 10.1. The maximum atomic E-state index is 13.9. The summed E-state index contributed by atoms with van der Waals surface area (Å²) in [5.74, 6) is 0.492. The molecule has 2 aromatic heterocycles. The minimum Gasteiger partial charge on any atom is -0.353 e. The summed E-state index contributed by atoms with van der Waals surface area (Å²) in [6, 6.07) is 6.03. The van der Waals surface area contributed by atoms with E-state index in [1.54, 1.807) is 18.3 Å². The molecule has 2 aliphatic heterocycles. The third-order valence-electron chi connectivity index (χ3n) is 5.13. The van der Waals surface area contributed by atoms with Crippen LogP contribution in [0.4, 0.5) is 19.0 Å². The number of halogens is 3. The normalized spacial score (nSPS) is 18.8. The van der Waals surface area contributed by atoms with E-state index < -0.39 is 11.7 Å². The second-order valence-corrected chi connectivity index (χ2v) is 7.75. The van der Waals surface area contributed by atoms with Crippen molar-refractivity contribution in [2.45, 2.75) is 32.6 Å². The minimum atomic E-state index is -4.57. The molecule has 0 bridgehead atoms. The van der Waals surface area contributed by atoms with Gasteiger partial charge in [0, 0.05) is 37.4 Å². The van der Waals surface area contributed by atoms with E-state index in [4.69, 9.17) is 0 Å². The van der Waals surface area contributed by atoms with E-state index in [1.165, 1.54) is 18.0 Å². The molecule has 31 heavy (non-hydrogen) atoms. The van der Waals surface area contributed by atoms with Crippen molar-refractivity contribution in [1.29, 1.82) is 0 Å². The maximum absolute atomic E-state index is 13.9. The molecule has 162 valence electrons. The first kappa shape index (κ1) is 21.2. The fourth-order valence-corrected chi connectivity index (χ4v) is 3.80. The Morgan fingerprint density at radius 3 is 2.84 bits per heavy atom. The zero-order chi connectivity index (χ0) is 22.0. The fourth-order valence-electron chi connectivity index (χ4n) is 3.80. The van der Waals surface area contributed by atoms with Crippen molar-refractivity contribution >= 4 is 17.9 Å². The van der Waals surface area contributed by atoms with Gasteiger partial charge in [0.05, 0.1) is 17.8 Å². The van der Waals surface area contributed by atoms with Crippen LogP contribution in [0.1, 0.15) is 36.4 Å². The number of anilines is 1. The first-order valence-electron chi connectivity index (χ1n) is 10.1. The van der Waals surface area contributed by atoms with Gasteiger partial charge in [0.2, 0.25) is 0 Å². The second kappa shape index (κ2) is 8.58. The van der Waals surface area contributed by atoms with Gasteiger partial charge in [0.1, 0.15) is 23.6 Å². The molecule has 1 N–H and O–H groups in total. The molecule has 1 unspecified atom stereocenters. The lowest BCUT2D eigenvalue weighted by molar-refractivity contribution is -0.137. The molecule has 0 radical (unpaired) electrons. The molecule has 0 saturated carbocycles. The third-order valence-corrected chi connectivity index (χ3v) is 5.13. The topological polar surface area (TPSA) is 65.8 Å². The van der Waals surface area contributed by atoms with Crippen LogP contribution in [0.2, 0.25) is 0 Å². The maximum Gasteiger partial charge on any atom is 0.418 e. The first-order chi connectivity index (χ1) is 14.8. The number of hydrogen-bond donors (Lipinski definition) is 1. The van der Waals surface area contributed by atoms with E-state index in [-0.39, 0.29) is 24.0 Å². The monoisotopic (exact) mass is 428 g/mol. The minimum absolute atomic E-state index is 0.110. The summed E-state index contributed by atoms with van der Waals surface area (Å²) in [6.45, 7) is 6.28. The Hall–Kier alpha value is -3.07. The molecule has 6 nitrogen and oxygen atoms in total. The standard InChI is InChI=1S/C22H23F3N6/c1-14(2)10-15-12-31(9-8-27-15)19-6-5-17(22(23,24)25)21(30-19)20-16-4-3-7-28-18(16)11-26-13-29-20/h3-7,10,13,15,27H,8-9,11-12H2,1-2H3. The molecule has 0 amide bonds. The van der Waals surface area contributed by atoms with Gasteiger partial charge in [0.15, 0.2) is 0 Å². The van der Waals surface area contributed by atoms with E-state index in [1.807, 2.05) is 18.7 Å². The van der Waals surface area contributed by atoms with Crippen molar-refractivity contribution in [3.8, 4) is 0 Å². The summed E-state index contributed by atoms with van der Waals surface area (Å²) in [7, 11) is 0. The Morgan fingerprint density at radius 2 is 2.06 bits per heavy atom. The van der Waals surface area contributed by atoms with Gasteiger partial charge in [-0.15, -0.1) is 0 Å². The zero-order valence-electron chi connectivity index (χ0n) is 17.3. The third kappa shape index (κ3) is 4.66. The number of hydrogen-bond acceptors (Lipinski definition) is 6. The van der Waals surface area contributed by atoms with Gasteiger partial charge in [-0.1, -0.05) is 11.6 Å². The highest BCUT2D eigenvalue weighted by molar-refractivity contribution is 6.16. The summed E-state index contributed by atoms with van der Waals surface area (Å²) in [5, 5.41) is 3.41. The van der Waals surface area contributed by atoms with Crippen LogP contribution in [0.3, 0.4) is 0 Å². The zero-order valence-corrected chi connectivity index (χ0v) is 17.3. The molecule has 0 aromatic carbocycles. The molecule has 0 spiro atoms. The Bertz CT molecular complexity index is 1050. The number of pyridine rings is 2. The van der Waals surface area contributed by atoms with Crippen LogP contribution in [0.5, 0.6) is 0 Å². The lowest BCUT2D eigenvalue weighted by atomic mass is 10.0. The highest BCUT2D eigenvalue weighted by Crippen LogP contribution is 2.34. The number of rotatable bonds is 3. The molecule has 4 rings (SSSR count). The van der Waals surface area contributed by atoms with Crippen molar-refractivity contribution in [3.63, 3.8) is 0 Å². The predicted molar refractivity (Wildman–Crippen MR) is 115 cm³/mol. The van der Waals surface area contributed by atoms with Crippen molar-refractivity contribution in [2.24, 2.45) is 9.98 Å². The van der Waals surface area contributed by atoms with Gasteiger partial charge in [-0.2, -0.15) is 13.2 Å². The van der Waals surface area contributed by atoms with Crippen LogP contribution < -0.4 is 10.2 Å². The van der Waals surface area contributed by atoms with Gasteiger partial charge < -0.3 is 10.2 Å². The van der Waals surface area contributed by atoms with Crippen molar-refractivity contribution in [3.05, 3.63) is 64.6 Å². The Balaban J connectivity index is 1.80. The predicted octanol–water partition coefficient (Wildman–Crippen LogP) is 3.62. The Morgan fingerprint density at radius 1 is 1.23 bits per heavy atom. The van der Waals surface area contributed by atoms with Gasteiger partial charge in [-0.05, 0) is 38.1 Å². The van der Waals surface area contributed by atoms with E-state index in [9.17, 15) is 13.2 Å². The number of piperazine rings is 1. The van der Waals surface area contributed by atoms with E-state index in [0.29, 0.717) is 36.7 Å². The molecule has 9 heteroatoms. The van der Waals surface area contributed by atoms with Crippen LogP contribution in [0.15, 0.2) is 52.1 Å². The summed E-state index contributed by atoms with van der Waals surface area (Å²) < 4.78 is 41.7. The quantitative estimate of drug-likeness (QED) is 0.759. The number of aromatic nitrogens is 2. The average Bonchev–Trinajstić information content (AvgIpc) is 2.95. The Kier molecular flexibility index (Phi) is 5.86. The Labute approximate surface area is 178 Å². The van der Waals surface area contributed by atoms with Crippen molar-refractivity contribution < 1.29 is 13.2 Å². The van der Waals surface area contributed by atoms with Gasteiger partial charge in [0.25, 0.3) is 0 Å². The van der Waals surface area contributed by atoms with Crippen LogP contribution in [0.25, 0.3) is 0 Å². The molecular formula is C22H23F3N6. The number of nitrogens with zero attached hydrogens (tertiary/aromatic N) is 5. The number of allylic oxidation sites excluding steroid dienone is 1. The lowest BCUT2D eigenvalue weighted by Gasteiger charge is -2.34. The fraction of sp³-hybridized carbons (Fsp3) is 0.364. The number of fused-ring (bicyclic) bond motifs is 1. The summed E-state index contributed by atoms with van der Waals surface area (Å²) in [4.78, 5) is 19.1. The van der Waals surface area contributed by atoms with E-state index in [2.05, 4.69) is 31.3 Å². The summed E-state index contributed by atoms with van der Waals surface area (Å²) in [5.41, 5.74) is 1.37. The summed E-state index contributed by atoms with van der Waals surface area (Å²) >= 11 is 0. The molecule has 4 heterocycles. The molecular weight excluding hydrogens is 405 g/mol. The van der Waals surface area contributed by atoms with Crippen LogP contribution >= 0.6 is 0 Å². The van der Waals surface area contributed by atoms with Crippen LogP contribution in [0, 0.1) is 0 Å². The van der Waals surface area contributed by atoms with Gasteiger partial charge in [-0.3, -0.25) is 9.98 Å². The molecule has 2 aliphatic rings. The van der Waals surface area contributed by atoms with E-state index >= 15 is 0 Å². The molecule has 1 fully saturated rings. The molecule has 2 aromatic rings. The smallest absolute Gasteiger partial charge is 0.353 e. The van der Waals surface area contributed by atoms with Gasteiger partial charge >= 0.3 is 6.18 Å². The average molecular weight is 428 g/mol. The van der Waals surface area contributed by atoms with E-state index in [0.717, 1.165) is 6.07 Å². The lowest BCUT2D eigenvalue weighted by Crippen LogP contribution is -2.50. The number of alkyl halides is 3. The number of nitrogens with one attached hydrogen (secondary N) is 1. The highest BCUT2D eigenvalue weighted by Gasteiger charge is 2.37. The number of aliphatic imine (C=N–C) groups is 2. The highest BCUT2D eigenvalue weighted by atomic mass is 19.4.